The lowest BCUT2D eigenvalue weighted by Gasteiger charge is -2.08. The van der Waals surface area contributed by atoms with Crippen LogP contribution in [0.3, 0.4) is 0 Å². The zero-order chi connectivity index (χ0) is 13.8. The second kappa shape index (κ2) is 5.89. The molecule has 0 aliphatic carbocycles. The Labute approximate surface area is 110 Å². The van der Waals surface area contributed by atoms with Gasteiger partial charge in [0.1, 0.15) is 5.82 Å². The SMILES string of the molecule is CCNCc1cc(-c2ccc(F)c(F)c2)ccc1F. The first-order valence-electron chi connectivity index (χ1n) is 6.06. The fourth-order valence-electron chi connectivity index (χ4n) is 1.83. The van der Waals surface area contributed by atoms with Crippen LogP contribution in [0.5, 0.6) is 0 Å². The van der Waals surface area contributed by atoms with Gasteiger partial charge < -0.3 is 5.32 Å². The molecule has 0 fully saturated rings. The van der Waals surface area contributed by atoms with Crippen molar-refractivity contribution in [3.8, 4) is 11.1 Å². The third-order valence-corrected chi connectivity index (χ3v) is 2.86. The van der Waals surface area contributed by atoms with Gasteiger partial charge in [-0.05, 0) is 41.9 Å². The van der Waals surface area contributed by atoms with E-state index in [4.69, 9.17) is 0 Å². The predicted octanol–water partition coefficient (Wildman–Crippen LogP) is 3.88. The summed E-state index contributed by atoms with van der Waals surface area (Å²) in [5.41, 5.74) is 1.69. The molecular formula is C15H14F3N. The van der Waals surface area contributed by atoms with E-state index in [1.165, 1.54) is 12.1 Å². The zero-order valence-corrected chi connectivity index (χ0v) is 10.5. The Morgan fingerprint density at radius 3 is 2.11 bits per heavy atom. The van der Waals surface area contributed by atoms with Crippen molar-refractivity contribution in [2.45, 2.75) is 13.5 Å². The standard InChI is InChI=1S/C15H14F3N/c1-2-19-9-12-7-10(3-5-13(12)16)11-4-6-14(17)15(18)8-11/h3-8,19H,2,9H2,1H3. The van der Waals surface area contributed by atoms with Gasteiger partial charge in [0.05, 0.1) is 0 Å². The van der Waals surface area contributed by atoms with Crippen LogP contribution in [0.4, 0.5) is 13.2 Å². The summed E-state index contributed by atoms with van der Waals surface area (Å²) >= 11 is 0. The van der Waals surface area contributed by atoms with Gasteiger partial charge in [-0.15, -0.1) is 0 Å². The minimum atomic E-state index is -0.907. The van der Waals surface area contributed by atoms with Crippen LogP contribution < -0.4 is 5.32 Å². The van der Waals surface area contributed by atoms with E-state index in [9.17, 15) is 13.2 Å². The lowest BCUT2D eigenvalue weighted by Crippen LogP contribution is -2.12. The van der Waals surface area contributed by atoms with Crippen molar-refractivity contribution >= 4 is 0 Å². The molecule has 0 spiro atoms. The van der Waals surface area contributed by atoms with Crippen molar-refractivity contribution < 1.29 is 13.2 Å². The minimum absolute atomic E-state index is 0.313. The summed E-state index contributed by atoms with van der Waals surface area (Å²) in [6.45, 7) is 3.06. The first-order chi connectivity index (χ1) is 9.11. The van der Waals surface area contributed by atoms with Crippen molar-refractivity contribution in [3.05, 3.63) is 59.4 Å². The predicted molar refractivity (Wildman–Crippen MR) is 69.1 cm³/mol. The molecule has 0 aliphatic rings. The average molecular weight is 265 g/mol. The van der Waals surface area contributed by atoms with E-state index in [1.807, 2.05) is 6.92 Å². The smallest absolute Gasteiger partial charge is 0.159 e. The third kappa shape index (κ3) is 3.15. The largest absolute Gasteiger partial charge is 0.313 e. The van der Waals surface area contributed by atoms with Crippen LogP contribution in [-0.2, 0) is 6.54 Å². The Kier molecular flexibility index (Phi) is 4.22. The summed E-state index contributed by atoms with van der Waals surface area (Å²) < 4.78 is 39.6. The van der Waals surface area contributed by atoms with E-state index in [-0.39, 0.29) is 5.82 Å². The summed E-state index contributed by atoms with van der Waals surface area (Å²) in [7, 11) is 0. The third-order valence-electron chi connectivity index (χ3n) is 2.86. The molecule has 1 N–H and O–H groups in total. The Balaban J connectivity index is 2.36. The molecule has 2 aromatic carbocycles. The van der Waals surface area contributed by atoms with E-state index in [1.54, 1.807) is 12.1 Å². The summed E-state index contributed by atoms with van der Waals surface area (Å²) in [6.07, 6.45) is 0. The van der Waals surface area contributed by atoms with Gasteiger partial charge in [0.2, 0.25) is 0 Å². The Morgan fingerprint density at radius 1 is 0.842 bits per heavy atom. The normalized spacial score (nSPS) is 10.7. The molecule has 100 valence electrons. The number of hydrogen-bond donors (Lipinski definition) is 1. The molecule has 2 rings (SSSR count). The van der Waals surface area contributed by atoms with Crippen LogP contribution >= 0.6 is 0 Å². The van der Waals surface area contributed by atoms with Crippen LogP contribution in [0.15, 0.2) is 36.4 Å². The van der Waals surface area contributed by atoms with Crippen molar-refractivity contribution in [1.29, 1.82) is 0 Å². The molecule has 0 unspecified atom stereocenters. The summed E-state index contributed by atoms with van der Waals surface area (Å²) in [5.74, 6) is -2.11. The van der Waals surface area contributed by atoms with E-state index in [2.05, 4.69) is 5.32 Å². The molecular weight excluding hydrogens is 251 g/mol. The maximum atomic E-state index is 13.6. The van der Waals surface area contributed by atoms with Gasteiger partial charge in [0.25, 0.3) is 0 Å². The van der Waals surface area contributed by atoms with Crippen molar-refractivity contribution in [2.75, 3.05) is 6.54 Å². The molecule has 0 saturated carbocycles. The van der Waals surface area contributed by atoms with Gasteiger partial charge in [0.15, 0.2) is 11.6 Å². The van der Waals surface area contributed by atoms with E-state index < -0.39 is 11.6 Å². The van der Waals surface area contributed by atoms with Crippen molar-refractivity contribution in [3.63, 3.8) is 0 Å². The fourth-order valence-corrected chi connectivity index (χ4v) is 1.83. The summed E-state index contributed by atoms with van der Waals surface area (Å²) in [5, 5.41) is 3.03. The summed E-state index contributed by atoms with van der Waals surface area (Å²) in [4.78, 5) is 0. The first-order valence-corrected chi connectivity index (χ1v) is 6.06. The van der Waals surface area contributed by atoms with E-state index in [0.29, 0.717) is 23.2 Å². The number of nitrogens with one attached hydrogen (secondary N) is 1. The van der Waals surface area contributed by atoms with Gasteiger partial charge in [-0.25, -0.2) is 13.2 Å². The molecule has 4 heteroatoms. The average Bonchev–Trinajstić information content (AvgIpc) is 2.41. The van der Waals surface area contributed by atoms with Gasteiger partial charge >= 0.3 is 0 Å². The highest BCUT2D eigenvalue weighted by atomic mass is 19.2. The molecule has 0 atom stereocenters. The molecule has 2 aromatic rings. The van der Waals surface area contributed by atoms with E-state index >= 15 is 0 Å². The number of halogens is 3. The maximum absolute atomic E-state index is 13.6. The van der Waals surface area contributed by atoms with Gasteiger partial charge in [-0.1, -0.05) is 19.1 Å². The fraction of sp³-hybridized carbons (Fsp3) is 0.200. The van der Waals surface area contributed by atoms with Crippen molar-refractivity contribution in [2.24, 2.45) is 0 Å². The molecule has 0 heterocycles. The monoisotopic (exact) mass is 265 g/mol. The van der Waals surface area contributed by atoms with Crippen LogP contribution in [0, 0.1) is 17.5 Å². The minimum Gasteiger partial charge on any atom is -0.313 e. The van der Waals surface area contributed by atoms with Gasteiger partial charge in [-0.3, -0.25) is 0 Å². The van der Waals surface area contributed by atoms with Crippen LogP contribution in [0.2, 0.25) is 0 Å². The zero-order valence-electron chi connectivity index (χ0n) is 10.5. The maximum Gasteiger partial charge on any atom is 0.159 e. The van der Waals surface area contributed by atoms with Gasteiger partial charge in [-0.2, -0.15) is 0 Å². The first kappa shape index (κ1) is 13.6. The topological polar surface area (TPSA) is 12.0 Å². The molecule has 0 radical (unpaired) electrons. The number of benzene rings is 2. The van der Waals surface area contributed by atoms with Gasteiger partial charge in [0, 0.05) is 12.1 Å². The van der Waals surface area contributed by atoms with E-state index in [0.717, 1.165) is 18.7 Å². The lowest BCUT2D eigenvalue weighted by molar-refractivity contribution is 0.509. The molecule has 1 nitrogen and oxygen atoms in total. The van der Waals surface area contributed by atoms with Crippen LogP contribution in [0.25, 0.3) is 11.1 Å². The van der Waals surface area contributed by atoms with Crippen LogP contribution in [-0.4, -0.2) is 6.54 Å². The molecule has 0 aromatic heterocycles. The summed E-state index contributed by atoms with van der Waals surface area (Å²) in [6, 6.07) is 8.19. The molecule has 0 bridgehead atoms. The number of rotatable bonds is 4. The molecule has 0 amide bonds. The Bertz CT molecular complexity index is 582. The lowest BCUT2D eigenvalue weighted by atomic mass is 10.0. The van der Waals surface area contributed by atoms with Crippen molar-refractivity contribution in [1.82, 2.24) is 5.32 Å². The highest BCUT2D eigenvalue weighted by Crippen LogP contribution is 2.23. The van der Waals surface area contributed by atoms with Crippen LogP contribution in [0.1, 0.15) is 12.5 Å². The Hall–Kier alpha value is -1.81. The highest BCUT2D eigenvalue weighted by molar-refractivity contribution is 5.64. The molecule has 0 aliphatic heterocycles. The second-order valence-electron chi connectivity index (χ2n) is 4.22. The number of hydrogen-bond acceptors (Lipinski definition) is 1. The molecule has 19 heavy (non-hydrogen) atoms. The Morgan fingerprint density at radius 2 is 1.47 bits per heavy atom. The highest BCUT2D eigenvalue weighted by Gasteiger charge is 2.07. The molecule has 0 saturated heterocycles. The second-order valence-corrected chi connectivity index (χ2v) is 4.22. The quantitative estimate of drug-likeness (QED) is 0.884.